The predicted molar refractivity (Wildman–Crippen MR) is 129 cm³/mol. The van der Waals surface area contributed by atoms with Gasteiger partial charge in [0.1, 0.15) is 17.8 Å². The SMILES string of the molecule is COc1ccc(C(=O)Nc2cc(C)nn2C2NC(=O)C3CNN(c4ccc(F)cc4)C3N2)cc1OC. The van der Waals surface area contributed by atoms with Crippen LogP contribution in [0.25, 0.3) is 0 Å². The molecule has 0 aliphatic carbocycles. The Bertz CT molecular complexity index is 1300. The van der Waals surface area contributed by atoms with Crippen LogP contribution in [-0.4, -0.2) is 48.5 Å². The van der Waals surface area contributed by atoms with Crippen molar-refractivity contribution in [1.82, 2.24) is 25.8 Å². The van der Waals surface area contributed by atoms with E-state index in [0.29, 0.717) is 40.8 Å². The molecule has 11 nitrogen and oxygen atoms in total. The maximum Gasteiger partial charge on any atom is 0.256 e. The number of aromatic nitrogens is 2. The van der Waals surface area contributed by atoms with Crippen LogP contribution in [0.15, 0.2) is 48.5 Å². The third-order valence-electron chi connectivity index (χ3n) is 6.18. The van der Waals surface area contributed by atoms with E-state index in [1.807, 2.05) is 0 Å². The Morgan fingerprint density at radius 1 is 1.11 bits per heavy atom. The molecule has 2 aromatic carbocycles. The van der Waals surface area contributed by atoms with Crippen molar-refractivity contribution < 1.29 is 23.5 Å². The molecular formula is C24H26FN7O4. The largest absolute Gasteiger partial charge is 0.493 e. The first-order valence-electron chi connectivity index (χ1n) is 11.3. The van der Waals surface area contributed by atoms with Gasteiger partial charge in [-0.05, 0) is 49.4 Å². The van der Waals surface area contributed by atoms with Crippen molar-refractivity contribution in [2.75, 3.05) is 31.1 Å². The van der Waals surface area contributed by atoms with E-state index in [-0.39, 0.29) is 23.5 Å². The second kappa shape index (κ2) is 9.47. The highest BCUT2D eigenvalue weighted by Gasteiger charge is 2.45. The molecule has 3 aromatic rings. The Hall–Kier alpha value is -4.16. The fourth-order valence-corrected chi connectivity index (χ4v) is 4.42. The summed E-state index contributed by atoms with van der Waals surface area (Å²) in [7, 11) is 3.02. The molecule has 1 aromatic heterocycles. The average molecular weight is 496 g/mol. The number of rotatable bonds is 6. The Kier molecular flexibility index (Phi) is 6.20. The summed E-state index contributed by atoms with van der Waals surface area (Å²) in [5, 5.41) is 15.4. The third kappa shape index (κ3) is 4.32. The Morgan fingerprint density at radius 3 is 2.58 bits per heavy atom. The molecule has 2 aliphatic rings. The van der Waals surface area contributed by atoms with Crippen molar-refractivity contribution in [1.29, 1.82) is 0 Å². The molecule has 3 unspecified atom stereocenters. The number of benzene rings is 2. The zero-order valence-corrected chi connectivity index (χ0v) is 19.9. The van der Waals surface area contributed by atoms with E-state index in [1.165, 1.54) is 31.0 Å². The van der Waals surface area contributed by atoms with E-state index in [4.69, 9.17) is 9.47 Å². The maximum atomic E-state index is 13.4. The van der Waals surface area contributed by atoms with Crippen LogP contribution in [0, 0.1) is 18.7 Å². The van der Waals surface area contributed by atoms with Gasteiger partial charge in [-0.15, -0.1) is 0 Å². The van der Waals surface area contributed by atoms with Crippen LogP contribution < -0.4 is 35.9 Å². The van der Waals surface area contributed by atoms with Gasteiger partial charge in [0.2, 0.25) is 5.91 Å². The van der Waals surface area contributed by atoms with Crippen LogP contribution in [0.5, 0.6) is 11.5 Å². The fourth-order valence-electron chi connectivity index (χ4n) is 4.42. The Balaban J connectivity index is 1.38. The number of ether oxygens (including phenoxy) is 2. The van der Waals surface area contributed by atoms with Crippen molar-refractivity contribution in [3.05, 3.63) is 65.6 Å². The van der Waals surface area contributed by atoms with Crippen molar-refractivity contribution in [2.45, 2.75) is 19.4 Å². The summed E-state index contributed by atoms with van der Waals surface area (Å²) in [6.45, 7) is 2.20. The highest BCUT2D eigenvalue weighted by molar-refractivity contribution is 6.04. The van der Waals surface area contributed by atoms with E-state index in [0.717, 1.165) is 0 Å². The minimum atomic E-state index is -0.740. The van der Waals surface area contributed by atoms with Gasteiger partial charge in [0.25, 0.3) is 5.91 Å². The summed E-state index contributed by atoms with van der Waals surface area (Å²) in [6, 6.07) is 12.6. The molecule has 0 spiro atoms. The quantitative estimate of drug-likeness (QED) is 0.408. The second-order valence-corrected chi connectivity index (χ2v) is 8.48. The molecule has 2 aliphatic heterocycles. The van der Waals surface area contributed by atoms with Crippen molar-refractivity contribution in [2.24, 2.45) is 5.92 Å². The minimum absolute atomic E-state index is 0.175. The van der Waals surface area contributed by atoms with Crippen LogP contribution in [0.1, 0.15) is 22.3 Å². The van der Waals surface area contributed by atoms with Gasteiger partial charge >= 0.3 is 0 Å². The smallest absolute Gasteiger partial charge is 0.256 e. The van der Waals surface area contributed by atoms with E-state index in [9.17, 15) is 14.0 Å². The number of nitrogens with one attached hydrogen (secondary N) is 4. The first-order valence-corrected chi connectivity index (χ1v) is 11.3. The number of aryl methyl sites for hydroxylation is 1. The zero-order valence-electron chi connectivity index (χ0n) is 19.9. The number of hydrogen-bond acceptors (Lipinski definition) is 8. The van der Waals surface area contributed by atoms with E-state index < -0.39 is 12.5 Å². The van der Waals surface area contributed by atoms with E-state index in [1.54, 1.807) is 48.3 Å². The lowest BCUT2D eigenvalue weighted by Gasteiger charge is -2.37. The molecule has 36 heavy (non-hydrogen) atoms. The molecule has 3 heterocycles. The molecule has 0 radical (unpaired) electrons. The lowest BCUT2D eigenvalue weighted by atomic mass is 10.0. The Labute approximate surface area is 206 Å². The number of carbonyl (C=O) groups excluding carboxylic acids is 2. The third-order valence-corrected chi connectivity index (χ3v) is 6.18. The maximum absolute atomic E-state index is 13.4. The lowest BCUT2D eigenvalue weighted by Crippen LogP contribution is -2.61. The first-order chi connectivity index (χ1) is 17.4. The predicted octanol–water partition coefficient (Wildman–Crippen LogP) is 1.74. The molecule has 0 saturated carbocycles. The van der Waals surface area contributed by atoms with E-state index in [2.05, 4.69) is 26.5 Å². The van der Waals surface area contributed by atoms with Crippen LogP contribution in [0.4, 0.5) is 15.9 Å². The highest BCUT2D eigenvalue weighted by Crippen LogP contribution is 2.30. The summed E-state index contributed by atoms with van der Waals surface area (Å²) in [5.41, 5.74) is 4.92. The van der Waals surface area contributed by atoms with Gasteiger partial charge in [0.15, 0.2) is 17.8 Å². The van der Waals surface area contributed by atoms with Gasteiger partial charge in [-0.2, -0.15) is 5.10 Å². The molecule has 12 heteroatoms. The number of methoxy groups -OCH3 is 2. The lowest BCUT2D eigenvalue weighted by molar-refractivity contribution is -0.129. The number of hydrazine groups is 1. The monoisotopic (exact) mass is 495 g/mol. The van der Waals surface area contributed by atoms with Gasteiger partial charge in [0.05, 0.1) is 31.5 Å². The normalized spacial score (nSPS) is 21.1. The van der Waals surface area contributed by atoms with Crippen LogP contribution in [0.3, 0.4) is 0 Å². The Morgan fingerprint density at radius 2 is 1.86 bits per heavy atom. The van der Waals surface area contributed by atoms with Gasteiger partial charge in [-0.25, -0.2) is 14.5 Å². The first kappa shape index (κ1) is 23.6. The molecule has 188 valence electrons. The van der Waals surface area contributed by atoms with E-state index >= 15 is 0 Å². The van der Waals surface area contributed by atoms with Gasteiger partial charge < -0.3 is 20.1 Å². The fraction of sp³-hybridized carbons (Fsp3) is 0.292. The topological polar surface area (TPSA) is 122 Å². The summed E-state index contributed by atoms with van der Waals surface area (Å²) >= 11 is 0. The number of hydrogen-bond donors (Lipinski definition) is 4. The molecule has 3 atom stereocenters. The summed E-state index contributed by atoms with van der Waals surface area (Å²) in [6.07, 6.45) is -1.16. The molecule has 0 bridgehead atoms. The summed E-state index contributed by atoms with van der Waals surface area (Å²) < 4.78 is 25.5. The van der Waals surface area contributed by atoms with Crippen molar-refractivity contribution in [3.63, 3.8) is 0 Å². The zero-order chi connectivity index (χ0) is 25.4. The highest BCUT2D eigenvalue weighted by atomic mass is 19.1. The van der Waals surface area contributed by atoms with Gasteiger partial charge in [-0.3, -0.25) is 19.9 Å². The van der Waals surface area contributed by atoms with Crippen LogP contribution in [0.2, 0.25) is 0 Å². The average Bonchev–Trinajstić information content (AvgIpc) is 3.47. The number of amides is 2. The number of fused-ring (bicyclic) bond motifs is 1. The molecule has 5 rings (SSSR count). The molecular weight excluding hydrogens is 469 g/mol. The molecule has 2 saturated heterocycles. The molecule has 2 fully saturated rings. The summed E-state index contributed by atoms with van der Waals surface area (Å²) in [5.74, 6) is 0.0455. The second-order valence-electron chi connectivity index (χ2n) is 8.48. The van der Waals surface area contributed by atoms with Crippen molar-refractivity contribution in [3.8, 4) is 11.5 Å². The minimum Gasteiger partial charge on any atom is -0.493 e. The number of halogens is 1. The van der Waals surface area contributed by atoms with Gasteiger partial charge in [-0.1, -0.05) is 0 Å². The standard InChI is InChI=1S/C24H26FN7O4/c1-13-10-20(27-22(33)14-4-9-18(35-2)19(11-14)36-3)32(30-13)24-28-21-17(23(34)29-24)12-26-31(21)16-7-5-15(25)6-8-16/h4-11,17,21,24,26,28H,12H2,1-3H3,(H,27,33)(H,29,34). The molecule has 2 amide bonds. The van der Waals surface area contributed by atoms with Crippen molar-refractivity contribution >= 4 is 23.3 Å². The van der Waals surface area contributed by atoms with Crippen LogP contribution >= 0.6 is 0 Å². The number of anilines is 2. The number of nitrogens with zero attached hydrogens (tertiary/aromatic N) is 3. The van der Waals surface area contributed by atoms with Crippen LogP contribution in [-0.2, 0) is 4.79 Å². The van der Waals surface area contributed by atoms with Gasteiger partial charge in [0, 0.05) is 18.2 Å². The number of carbonyl (C=O) groups is 2. The molecule has 4 N–H and O–H groups in total. The summed E-state index contributed by atoms with van der Waals surface area (Å²) in [4.78, 5) is 26.0.